The van der Waals surface area contributed by atoms with Crippen molar-refractivity contribution in [2.45, 2.75) is 52.4 Å². The first-order valence-corrected chi connectivity index (χ1v) is 13.6. The normalized spacial score (nSPS) is 21.7. The Kier molecular flexibility index (Phi) is 8.60. The van der Waals surface area contributed by atoms with E-state index < -0.39 is 0 Å². The number of rotatable bonds is 7. The quantitative estimate of drug-likeness (QED) is 0.592. The largest absolute Gasteiger partial charge is 0.462 e. The molecule has 1 N–H and O–H groups in total. The van der Waals surface area contributed by atoms with Gasteiger partial charge in [0.25, 0.3) is 0 Å². The van der Waals surface area contributed by atoms with E-state index in [9.17, 15) is 14.4 Å². The molecule has 2 saturated heterocycles. The SMILES string of the molecule is CCOC(=O)c1c(NC(=O)CN2CCN(CC(=O)N3CCCCC3)CC2)sc2c1CC[C@@H](C)C2. The van der Waals surface area contributed by atoms with Crippen LogP contribution in [0.2, 0.25) is 0 Å². The zero-order valence-electron chi connectivity index (χ0n) is 20.6. The third-order valence-corrected chi connectivity index (χ3v) is 8.31. The van der Waals surface area contributed by atoms with Crippen LogP contribution in [0, 0.1) is 5.92 Å². The van der Waals surface area contributed by atoms with Crippen molar-refractivity contribution in [2.75, 3.05) is 64.3 Å². The molecule has 0 spiro atoms. The van der Waals surface area contributed by atoms with Gasteiger partial charge in [0.15, 0.2) is 0 Å². The van der Waals surface area contributed by atoms with Crippen LogP contribution in [0.15, 0.2) is 0 Å². The highest BCUT2D eigenvalue weighted by atomic mass is 32.1. The Hall–Kier alpha value is -1.97. The molecule has 4 rings (SSSR count). The van der Waals surface area contributed by atoms with Crippen LogP contribution in [0.1, 0.15) is 60.3 Å². The van der Waals surface area contributed by atoms with E-state index >= 15 is 0 Å². The molecule has 8 nitrogen and oxygen atoms in total. The Morgan fingerprint density at radius 2 is 1.68 bits per heavy atom. The van der Waals surface area contributed by atoms with Crippen molar-refractivity contribution >= 4 is 34.1 Å². The molecule has 2 amide bonds. The predicted octanol–water partition coefficient (Wildman–Crippen LogP) is 2.62. The smallest absolute Gasteiger partial charge is 0.341 e. The number of fused-ring (bicyclic) bond motifs is 1. The van der Waals surface area contributed by atoms with Gasteiger partial charge in [0.2, 0.25) is 11.8 Å². The molecule has 1 atom stereocenters. The number of hydrogen-bond acceptors (Lipinski definition) is 7. The minimum Gasteiger partial charge on any atom is -0.462 e. The zero-order valence-corrected chi connectivity index (χ0v) is 21.4. The second-order valence-electron chi connectivity index (χ2n) is 9.82. The van der Waals surface area contributed by atoms with Crippen molar-refractivity contribution in [2.24, 2.45) is 5.92 Å². The molecule has 34 heavy (non-hydrogen) atoms. The molecule has 188 valence electrons. The Balaban J connectivity index is 1.29. The maximum atomic E-state index is 12.9. The van der Waals surface area contributed by atoms with Gasteiger partial charge >= 0.3 is 5.97 Å². The molecule has 1 aromatic rings. The maximum Gasteiger partial charge on any atom is 0.341 e. The van der Waals surface area contributed by atoms with E-state index in [1.165, 1.54) is 22.6 Å². The number of esters is 1. The molecule has 0 bridgehead atoms. The number of hydrogen-bond donors (Lipinski definition) is 1. The number of anilines is 1. The molecule has 0 saturated carbocycles. The summed E-state index contributed by atoms with van der Waals surface area (Å²) in [5.74, 6) is 0.378. The number of thiophene rings is 1. The van der Waals surface area contributed by atoms with Crippen LogP contribution in [0.25, 0.3) is 0 Å². The number of carbonyl (C=O) groups is 3. The molecule has 1 aromatic heterocycles. The number of nitrogens with one attached hydrogen (secondary N) is 1. The zero-order chi connectivity index (χ0) is 24.1. The summed E-state index contributed by atoms with van der Waals surface area (Å²) < 4.78 is 5.31. The van der Waals surface area contributed by atoms with Crippen LogP contribution in [-0.4, -0.2) is 91.4 Å². The summed E-state index contributed by atoms with van der Waals surface area (Å²) >= 11 is 1.53. The van der Waals surface area contributed by atoms with Gasteiger partial charge in [-0.25, -0.2) is 4.79 Å². The van der Waals surface area contributed by atoms with Crippen molar-refractivity contribution in [1.29, 1.82) is 0 Å². The Bertz CT molecular complexity index is 888. The summed E-state index contributed by atoms with van der Waals surface area (Å²) in [6.07, 6.45) is 6.29. The van der Waals surface area contributed by atoms with E-state index in [4.69, 9.17) is 4.74 Å². The lowest BCUT2D eigenvalue weighted by Gasteiger charge is -2.35. The predicted molar refractivity (Wildman–Crippen MR) is 133 cm³/mol. The number of likely N-dealkylation sites (tertiary alicyclic amines) is 1. The highest BCUT2D eigenvalue weighted by Crippen LogP contribution is 2.40. The first-order chi connectivity index (χ1) is 16.4. The fourth-order valence-corrected chi connectivity index (χ4v) is 6.58. The van der Waals surface area contributed by atoms with Gasteiger partial charge in [-0.05, 0) is 56.9 Å². The lowest BCUT2D eigenvalue weighted by atomic mass is 9.88. The van der Waals surface area contributed by atoms with E-state index in [1.807, 2.05) is 4.90 Å². The summed E-state index contributed by atoms with van der Waals surface area (Å²) in [4.78, 5) is 45.6. The molecule has 9 heteroatoms. The van der Waals surface area contributed by atoms with E-state index in [2.05, 4.69) is 22.0 Å². The van der Waals surface area contributed by atoms with Crippen molar-refractivity contribution in [3.63, 3.8) is 0 Å². The minimum absolute atomic E-state index is 0.102. The van der Waals surface area contributed by atoms with Crippen LogP contribution >= 0.6 is 11.3 Å². The summed E-state index contributed by atoms with van der Waals surface area (Å²) in [5, 5.41) is 3.65. The molecular formula is C25H38N4O4S. The standard InChI is InChI=1S/C25H38N4O4S/c1-3-33-25(32)23-19-8-7-18(2)15-20(19)34-24(23)26-21(30)16-27-11-13-28(14-12-27)17-22(31)29-9-5-4-6-10-29/h18H,3-17H2,1-2H3,(H,26,30)/t18-/m1/s1. The van der Waals surface area contributed by atoms with Crippen LogP contribution in [0.5, 0.6) is 0 Å². The van der Waals surface area contributed by atoms with Gasteiger partial charge in [0.1, 0.15) is 5.00 Å². The van der Waals surface area contributed by atoms with Gasteiger partial charge < -0.3 is 15.0 Å². The number of piperazine rings is 1. The second-order valence-corrected chi connectivity index (χ2v) is 10.9. The van der Waals surface area contributed by atoms with Gasteiger partial charge in [0, 0.05) is 44.1 Å². The summed E-state index contributed by atoms with van der Waals surface area (Å²) in [7, 11) is 0. The van der Waals surface area contributed by atoms with Gasteiger partial charge in [-0.15, -0.1) is 11.3 Å². The topological polar surface area (TPSA) is 82.2 Å². The van der Waals surface area contributed by atoms with Gasteiger partial charge in [0.05, 0.1) is 25.3 Å². The number of piperidine rings is 1. The molecule has 2 aliphatic heterocycles. The van der Waals surface area contributed by atoms with Crippen LogP contribution in [-0.2, 0) is 27.2 Å². The third kappa shape index (κ3) is 6.17. The second kappa shape index (κ2) is 11.6. The Labute approximate surface area is 206 Å². The lowest BCUT2D eigenvalue weighted by molar-refractivity contribution is -0.134. The van der Waals surface area contributed by atoms with Crippen LogP contribution in [0.4, 0.5) is 5.00 Å². The van der Waals surface area contributed by atoms with E-state index in [0.29, 0.717) is 29.6 Å². The highest BCUT2D eigenvalue weighted by Gasteiger charge is 2.30. The molecule has 2 fully saturated rings. The van der Waals surface area contributed by atoms with E-state index in [0.717, 1.165) is 76.9 Å². The number of ether oxygens (including phenoxy) is 1. The monoisotopic (exact) mass is 490 g/mol. The number of carbonyl (C=O) groups excluding carboxylic acids is 3. The Morgan fingerprint density at radius 1 is 1.00 bits per heavy atom. The van der Waals surface area contributed by atoms with Crippen LogP contribution in [0.3, 0.4) is 0 Å². The van der Waals surface area contributed by atoms with Crippen molar-refractivity contribution < 1.29 is 19.1 Å². The van der Waals surface area contributed by atoms with Gasteiger partial charge in [-0.3, -0.25) is 19.4 Å². The van der Waals surface area contributed by atoms with Crippen molar-refractivity contribution in [1.82, 2.24) is 14.7 Å². The van der Waals surface area contributed by atoms with E-state index in [1.54, 1.807) is 6.92 Å². The van der Waals surface area contributed by atoms with E-state index in [-0.39, 0.29) is 24.3 Å². The Morgan fingerprint density at radius 3 is 2.35 bits per heavy atom. The first-order valence-electron chi connectivity index (χ1n) is 12.8. The summed E-state index contributed by atoms with van der Waals surface area (Å²) in [5.41, 5.74) is 1.62. The lowest BCUT2D eigenvalue weighted by Crippen LogP contribution is -2.51. The average Bonchev–Trinajstić information content (AvgIpc) is 3.17. The molecule has 0 aromatic carbocycles. The fourth-order valence-electron chi connectivity index (χ4n) is 5.17. The number of amides is 2. The van der Waals surface area contributed by atoms with Gasteiger partial charge in [-0.1, -0.05) is 6.92 Å². The van der Waals surface area contributed by atoms with Crippen LogP contribution < -0.4 is 5.32 Å². The molecule has 1 aliphatic carbocycles. The highest BCUT2D eigenvalue weighted by molar-refractivity contribution is 7.17. The average molecular weight is 491 g/mol. The fraction of sp³-hybridized carbons (Fsp3) is 0.720. The minimum atomic E-state index is -0.336. The molecular weight excluding hydrogens is 452 g/mol. The van der Waals surface area contributed by atoms with Crippen molar-refractivity contribution in [3.8, 4) is 0 Å². The van der Waals surface area contributed by atoms with Crippen molar-refractivity contribution in [3.05, 3.63) is 16.0 Å². The molecule has 0 unspecified atom stereocenters. The molecule has 0 radical (unpaired) electrons. The van der Waals surface area contributed by atoms with Gasteiger partial charge in [-0.2, -0.15) is 0 Å². The molecule has 3 aliphatic rings. The maximum absolute atomic E-state index is 12.9. The summed E-state index contributed by atoms with van der Waals surface area (Å²) in [6.45, 7) is 9.96. The molecule has 3 heterocycles. The summed E-state index contributed by atoms with van der Waals surface area (Å²) in [6, 6.07) is 0. The third-order valence-electron chi connectivity index (χ3n) is 7.14. The number of nitrogens with zero attached hydrogens (tertiary/aromatic N) is 3. The first kappa shape index (κ1) is 25.1.